The maximum absolute atomic E-state index is 13.0. The molecule has 1 aromatic carbocycles. The minimum atomic E-state index is -0.987. The van der Waals surface area contributed by atoms with E-state index in [4.69, 9.17) is 23.7 Å². The number of carbonyl (C=O) groups is 3. The molecule has 37 heavy (non-hydrogen) atoms. The summed E-state index contributed by atoms with van der Waals surface area (Å²) in [5.74, 6) is -0.972. The van der Waals surface area contributed by atoms with Gasteiger partial charge in [0.2, 0.25) is 6.79 Å². The van der Waals surface area contributed by atoms with Crippen LogP contribution < -0.4 is 19.5 Å². The monoisotopic (exact) mass is 516 g/mol. The minimum Gasteiger partial charge on any atom is -0.493 e. The Kier molecular flexibility index (Phi) is 12.2. The fraction of sp³-hybridized carbons (Fsp3) is 0.481. The molecule has 0 fully saturated rings. The van der Waals surface area contributed by atoms with E-state index >= 15 is 0 Å². The van der Waals surface area contributed by atoms with E-state index in [0.29, 0.717) is 12.2 Å². The van der Waals surface area contributed by atoms with E-state index in [1.807, 2.05) is 37.3 Å². The first-order valence-electron chi connectivity index (χ1n) is 12.3. The summed E-state index contributed by atoms with van der Waals surface area (Å²) in [6.45, 7) is 6.26. The van der Waals surface area contributed by atoms with E-state index in [9.17, 15) is 14.4 Å². The molecule has 1 aromatic heterocycles. The average Bonchev–Trinajstić information content (AvgIpc) is 2.88. The number of rotatable bonds is 15. The number of methoxy groups -OCH3 is 1. The predicted molar refractivity (Wildman–Crippen MR) is 136 cm³/mol. The van der Waals surface area contributed by atoms with Gasteiger partial charge in [-0.3, -0.25) is 9.59 Å². The molecule has 1 heterocycles. The highest BCUT2D eigenvalue weighted by molar-refractivity contribution is 5.98. The highest BCUT2D eigenvalue weighted by Gasteiger charge is 2.28. The van der Waals surface area contributed by atoms with Crippen LogP contribution in [-0.4, -0.2) is 55.0 Å². The van der Waals surface area contributed by atoms with Crippen molar-refractivity contribution in [3.63, 3.8) is 0 Å². The Labute approximate surface area is 217 Å². The molecule has 0 bridgehead atoms. The van der Waals surface area contributed by atoms with Gasteiger partial charge in [0.15, 0.2) is 17.2 Å². The van der Waals surface area contributed by atoms with Crippen LogP contribution in [0.2, 0.25) is 0 Å². The highest BCUT2D eigenvalue weighted by Crippen LogP contribution is 2.29. The van der Waals surface area contributed by atoms with Crippen LogP contribution in [0.3, 0.4) is 0 Å². The van der Waals surface area contributed by atoms with Gasteiger partial charge in [0, 0.05) is 19.2 Å². The van der Waals surface area contributed by atoms with Gasteiger partial charge in [-0.2, -0.15) is 0 Å². The van der Waals surface area contributed by atoms with Gasteiger partial charge in [0.25, 0.3) is 5.91 Å². The highest BCUT2D eigenvalue weighted by atomic mass is 16.7. The van der Waals surface area contributed by atoms with Gasteiger partial charge >= 0.3 is 11.9 Å². The topological polar surface area (TPSA) is 122 Å². The van der Waals surface area contributed by atoms with Gasteiger partial charge in [-0.25, -0.2) is 9.78 Å². The minimum absolute atomic E-state index is 0.0216. The first-order chi connectivity index (χ1) is 17.8. The number of pyridine rings is 1. The number of hydrogen-bond acceptors (Lipinski definition) is 9. The molecule has 0 spiro atoms. The first kappa shape index (κ1) is 29.4. The molecular formula is C27H36N2O8. The van der Waals surface area contributed by atoms with E-state index in [0.717, 1.165) is 19.3 Å². The standard InChI is InChI=1S/C27H36N2O8/c1-6-7-9-14-22(19(3)36-21-12-10-8-11-13-21)37-27(32)18(2)29-26(31)24-25(35-17-34-20(4)30)23(33-5)15-16-28-24/h8,10-13,15-16,18-19,22H,6-7,9,14,17H2,1-5H3,(H,29,31)/t18-,19+,22+/m0/s1. The molecule has 202 valence electrons. The number of hydrogen-bond donors (Lipinski definition) is 1. The van der Waals surface area contributed by atoms with E-state index in [1.54, 1.807) is 0 Å². The maximum Gasteiger partial charge on any atom is 0.328 e. The lowest BCUT2D eigenvalue weighted by Crippen LogP contribution is -2.43. The summed E-state index contributed by atoms with van der Waals surface area (Å²) < 4.78 is 27.2. The second kappa shape index (κ2) is 15.3. The van der Waals surface area contributed by atoms with Gasteiger partial charge in [-0.15, -0.1) is 0 Å². The number of esters is 2. The third kappa shape index (κ3) is 9.63. The molecule has 2 aromatic rings. The van der Waals surface area contributed by atoms with Crippen LogP contribution in [0.4, 0.5) is 0 Å². The van der Waals surface area contributed by atoms with E-state index in [2.05, 4.69) is 17.2 Å². The fourth-order valence-electron chi connectivity index (χ4n) is 3.41. The number of unbranched alkanes of at least 4 members (excludes halogenated alkanes) is 2. The molecule has 3 atom stereocenters. The Hall–Kier alpha value is -3.82. The molecule has 0 aliphatic rings. The zero-order chi connectivity index (χ0) is 27.2. The van der Waals surface area contributed by atoms with Gasteiger partial charge in [-0.1, -0.05) is 38.0 Å². The lowest BCUT2D eigenvalue weighted by atomic mass is 10.1. The van der Waals surface area contributed by atoms with Crippen molar-refractivity contribution in [1.82, 2.24) is 10.3 Å². The summed E-state index contributed by atoms with van der Waals surface area (Å²) in [4.78, 5) is 41.0. The smallest absolute Gasteiger partial charge is 0.328 e. The Morgan fingerprint density at radius 1 is 1.05 bits per heavy atom. The van der Waals surface area contributed by atoms with Crippen LogP contribution in [-0.2, 0) is 19.1 Å². The summed E-state index contributed by atoms with van der Waals surface area (Å²) in [7, 11) is 1.40. The number of amides is 1. The molecule has 1 N–H and O–H groups in total. The van der Waals surface area contributed by atoms with Crippen LogP contribution >= 0.6 is 0 Å². The van der Waals surface area contributed by atoms with Gasteiger partial charge < -0.3 is 29.0 Å². The van der Waals surface area contributed by atoms with Gasteiger partial charge in [-0.05, 0) is 38.8 Å². The molecular weight excluding hydrogens is 480 g/mol. The third-order valence-corrected chi connectivity index (χ3v) is 5.42. The van der Waals surface area contributed by atoms with Gasteiger partial charge in [0.05, 0.1) is 7.11 Å². The quantitative estimate of drug-likeness (QED) is 0.212. The van der Waals surface area contributed by atoms with Crippen LogP contribution in [0, 0.1) is 0 Å². The third-order valence-electron chi connectivity index (χ3n) is 5.42. The van der Waals surface area contributed by atoms with E-state index in [1.165, 1.54) is 33.2 Å². The van der Waals surface area contributed by atoms with Crippen molar-refractivity contribution in [1.29, 1.82) is 0 Å². The number of aromatic nitrogens is 1. The summed E-state index contributed by atoms with van der Waals surface area (Å²) in [5.41, 5.74) is -0.133. The zero-order valence-electron chi connectivity index (χ0n) is 22.0. The zero-order valence-corrected chi connectivity index (χ0v) is 22.0. The first-order valence-corrected chi connectivity index (χ1v) is 12.3. The molecule has 10 heteroatoms. The molecule has 0 radical (unpaired) electrons. The normalized spacial score (nSPS) is 13.0. The summed E-state index contributed by atoms with van der Waals surface area (Å²) >= 11 is 0. The summed E-state index contributed by atoms with van der Waals surface area (Å²) in [5, 5.41) is 2.59. The van der Waals surface area contributed by atoms with Crippen molar-refractivity contribution in [2.75, 3.05) is 13.9 Å². The molecule has 2 rings (SSSR count). The van der Waals surface area contributed by atoms with Crippen LogP contribution in [0.5, 0.6) is 17.2 Å². The Morgan fingerprint density at radius 2 is 1.78 bits per heavy atom. The van der Waals surface area contributed by atoms with Crippen molar-refractivity contribution >= 4 is 17.8 Å². The molecule has 0 saturated carbocycles. The molecule has 0 aliphatic carbocycles. The second-order valence-corrected chi connectivity index (χ2v) is 8.39. The lowest BCUT2D eigenvalue weighted by molar-refractivity contribution is -0.156. The number of para-hydroxylation sites is 1. The Bertz CT molecular complexity index is 1010. The molecule has 1 amide bonds. The number of nitrogens with zero attached hydrogens (tertiary/aromatic N) is 1. The van der Waals surface area contributed by atoms with Crippen molar-refractivity contribution < 1.29 is 38.1 Å². The average molecular weight is 517 g/mol. The summed E-state index contributed by atoms with van der Waals surface area (Å²) in [6, 6.07) is 9.82. The number of nitrogens with one attached hydrogen (secondary N) is 1. The van der Waals surface area contributed by atoms with E-state index in [-0.39, 0.29) is 17.2 Å². The number of carbonyl (C=O) groups excluding carboxylic acids is 3. The lowest BCUT2D eigenvalue weighted by Gasteiger charge is -2.26. The van der Waals surface area contributed by atoms with Crippen LogP contribution in [0.15, 0.2) is 42.6 Å². The molecule has 0 aliphatic heterocycles. The van der Waals surface area contributed by atoms with Crippen molar-refractivity contribution in [3.8, 4) is 17.2 Å². The van der Waals surface area contributed by atoms with Crippen molar-refractivity contribution in [2.45, 2.75) is 71.6 Å². The van der Waals surface area contributed by atoms with E-state index < -0.39 is 42.9 Å². The van der Waals surface area contributed by atoms with Crippen LogP contribution in [0.25, 0.3) is 0 Å². The summed E-state index contributed by atoms with van der Waals surface area (Å²) in [6.07, 6.45) is 3.98. The van der Waals surface area contributed by atoms with Crippen molar-refractivity contribution in [2.24, 2.45) is 0 Å². The Balaban J connectivity index is 2.08. The Morgan fingerprint density at radius 3 is 2.43 bits per heavy atom. The predicted octanol–water partition coefficient (Wildman–Crippen LogP) is 4.07. The number of benzene rings is 1. The maximum atomic E-state index is 13.0. The fourth-order valence-corrected chi connectivity index (χ4v) is 3.41. The van der Waals surface area contributed by atoms with Gasteiger partial charge in [0.1, 0.15) is 24.0 Å². The SMILES string of the molecule is CCCCC[C@@H](OC(=O)[C@H](C)NC(=O)c1nccc(OC)c1OCOC(C)=O)[C@@H](C)Oc1ccccc1. The molecule has 0 saturated heterocycles. The largest absolute Gasteiger partial charge is 0.493 e. The molecule has 10 nitrogen and oxygen atoms in total. The second-order valence-electron chi connectivity index (χ2n) is 8.39. The van der Waals surface area contributed by atoms with Crippen molar-refractivity contribution in [3.05, 3.63) is 48.3 Å². The number of ether oxygens (including phenoxy) is 5. The molecule has 0 unspecified atom stereocenters. The van der Waals surface area contributed by atoms with Crippen LogP contribution in [0.1, 0.15) is 63.9 Å².